The number of ether oxygens (including phenoxy) is 2. The largest absolute Gasteiger partial charge is 0.475 e. The van der Waals surface area contributed by atoms with Crippen LogP contribution in [0.1, 0.15) is 18.4 Å². The van der Waals surface area contributed by atoms with Crippen LogP contribution in [-0.2, 0) is 16.0 Å². The molecule has 1 aromatic rings. The summed E-state index contributed by atoms with van der Waals surface area (Å²) in [5.41, 5.74) is 0.821. The Morgan fingerprint density at radius 2 is 2.21 bits per heavy atom. The van der Waals surface area contributed by atoms with E-state index in [1.807, 2.05) is 0 Å². The minimum absolute atomic E-state index is 0.0925. The molecule has 1 fully saturated rings. The highest BCUT2D eigenvalue weighted by atomic mass is 16.6. The molecule has 1 aliphatic rings. The van der Waals surface area contributed by atoms with E-state index < -0.39 is 10.9 Å². The molecule has 0 spiro atoms. The van der Waals surface area contributed by atoms with E-state index in [-0.39, 0.29) is 18.0 Å². The van der Waals surface area contributed by atoms with Gasteiger partial charge >= 0.3 is 11.7 Å². The molecule has 0 saturated heterocycles. The molecular weight excluding hydrogens is 250 g/mol. The Labute approximate surface area is 110 Å². The van der Waals surface area contributed by atoms with E-state index in [0.29, 0.717) is 5.92 Å². The number of nitrogens with zero attached hydrogens (tertiary/aromatic N) is 1. The van der Waals surface area contributed by atoms with E-state index in [9.17, 15) is 14.9 Å². The maximum atomic E-state index is 11.0. The Kier molecular flexibility index (Phi) is 3.99. The van der Waals surface area contributed by atoms with Gasteiger partial charge in [0.2, 0.25) is 0 Å². The number of carbonyl (C=O) groups excluding carboxylic acids is 1. The molecule has 1 saturated carbocycles. The number of hydrogen-bond acceptors (Lipinski definition) is 5. The molecule has 19 heavy (non-hydrogen) atoms. The van der Waals surface area contributed by atoms with Crippen LogP contribution in [-0.4, -0.2) is 24.6 Å². The summed E-state index contributed by atoms with van der Waals surface area (Å²) in [5, 5.41) is 11.0. The number of nitro benzene ring substituents is 1. The summed E-state index contributed by atoms with van der Waals surface area (Å²) in [6.07, 6.45) is 3.24. The Bertz CT molecular complexity index is 496. The fourth-order valence-electron chi connectivity index (χ4n) is 1.81. The van der Waals surface area contributed by atoms with E-state index in [4.69, 9.17) is 4.74 Å². The topological polar surface area (TPSA) is 78.7 Å². The van der Waals surface area contributed by atoms with Gasteiger partial charge in [-0.2, -0.15) is 0 Å². The van der Waals surface area contributed by atoms with Crippen LogP contribution < -0.4 is 4.74 Å². The number of esters is 1. The summed E-state index contributed by atoms with van der Waals surface area (Å²) in [7, 11) is 1.23. The minimum Gasteiger partial charge on any atom is -0.475 e. The van der Waals surface area contributed by atoms with Crippen LogP contribution in [0.2, 0.25) is 0 Å². The second-order valence-corrected chi connectivity index (χ2v) is 4.57. The van der Waals surface area contributed by atoms with E-state index in [2.05, 4.69) is 4.74 Å². The monoisotopic (exact) mass is 265 g/mol. The predicted octanol–water partition coefficient (Wildman–Crippen LogP) is 2.10. The highest BCUT2D eigenvalue weighted by Crippen LogP contribution is 2.35. The Morgan fingerprint density at radius 1 is 1.47 bits per heavy atom. The first kappa shape index (κ1) is 13.3. The molecule has 0 radical (unpaired) electrons. The van der Waals surface area contributed by atoms with Gasteiger partial charge < -0.3 is 9.47 Å². The van der Waals surface area contributed by atoms with Crippen LogP contribution in [0, 0.1) is 16.0 Å². The van der Waals surface area contributed by atoms with Gasteiger partial charge in [0.15, 0.2) is 12.4 Å². The van der Waals surface area contributed by atoms with Gasteiger partial charge in [0.05, 0.1) is 12.0 Å². The van der Waals surface area contributed by atoms with Gasteiger partial charge in [-0.3, -0.25) is 10.1 Å². The summed E-state index contributed by atoms with van der Waals surface area (Å²) in [5.74, 6) is 0.174. The van der Waals surface area contributed by atoms with E-state index in [1.165, 1.54) is 26.0 Å². The maximum absolute atomic E-state index is 11.0. The standard InChI is InChI=1S/C13H15NO5/c1-18-13(15)8-19-12-5-4-10(6-9-2-3-9)7-11(12)14(16)17/h4-5,7,9H,2-3,6,8H2,1H3. The molecular formula is C13H15NO5. The van der Waals surface area contributed by atoms with Crippen molar-refractivity contribution in [3.63, 3.8) is 0 Å². The Hall–Kier alpha value is -2.11. The summed E-state index contributed by atoms with van der Waals surface area (Å²) in [6, 6.07) is 4.86. The van der Waals surface area contributed by atoms with Crippen LogP contribution in [0.4, 0.5) is 5.69 Å². The van der Waals surface area contributed by atoms with Crippen LogP contribution in [0.5, 0.6) is 5.75 Å². The lowest BCUT2D eigenvalue weighted by molar-refractivity contribution is -0.385. The molecule has 0 aliphatic heterocycles. The van der Waals surface area contributed by atoms with Crippen LogP contribution in [0.15, 0.2) is 18.2 Å². The summed E-state index contributed by atoms with van der Waals surface area (Å²) < 4.78 is 9.53. The average molecular weight is 265 g/mol. The molecule has 0 unspecified atom stereocenters. The van der Waals surface area contributed by atoms with Gasteiger partial charge in [0.25, 0.3) is 0 Å². The zero-order chi connectivity index (χ0) is 13.8. The van der Waals surface area contributed by atoms with Crippen molar-refractivity contribution in [2.45, 2.75) is 19.3 Å². The minimum atomic E-state index is -0.573. The lowest BCUT2D eigenvalue weighted by atomic mass is 10.1. The van der Waals surface area contributed by atoms with E-state index in [0.717, 1.165) is 12.0 Å². The third-order valence-electron chi connectivity index (χ3n) is 3.01. The van der Waals surface area contributed by atoms with Crippen LogP contribution >= 0.6 is 0 Å². The van der Waals surface area contributed by atoms with Crippen molar-refractivity contribution in [3.05, 3.63) is 33.9 Å². The lowest BCUT2D eigenvalue weighted by Crippen LogP contribution is -2.13. The molecule has 0 N–H and O–H groups in total. The van der Waals surface area contributed by atoms with Gasteiger partial charge in [0, 0.05) is 6.07 Å². The average Bonchev–Trinajstić information content (AvgIpc) is 3.20. The van der Waals surface area contributed by atoms with Gasteiger partial charge in [-0.15, -0.1) is 0 Å². The first-order valence-electron chi connectivity index (χ1n) is 6.07. The van der Waals surface area contributed by atoms with Crippen LogP contribution in [0.3, 0.4) is 0 Å². The second-order valence-electron chi connectivity index (χ2n) is 4.57. The van der Waals surface area contributed by atoms with E-state index >= 15 is 0 Å². The number of nitro groups is 1. The van der Waals surface area contributed by atoms with E-state index in [1.54, 1.807) is 12.1 Å². The molecule has 2 rings (SSSR count). The second kappa shape index (κ2) is 5.69. The van der Waals surface area contributed by atoms with Gasteiger partial charge in [0.1, 0.15) is 0 Å². The van der Waals surface area contributed by atoms with Crippen LogP contribution in [0.25, 0.3) is 0 Å². The molecule has 6 nitrogen and oxygen atoms in total. The SMILES string of the molecule is COC(=O)COc1ccc(CC2CC2)cc1[N+](=O)[O-]. The zero-order valence-corrected chi connectivity index (χ0v) is 10.6. The third kappa shape index (κ3) is 3.67. The summed E-state index contributed by atoms with van der Waals surface area (Å²) in [6.45, 7) is -0.334. The molecule has 0 aromatic heterocycles. The number of hydrogen-bond donors (Lipinski definition) is 0. The van der Waals surface area contributed by atoms with Crippen molar-refractivity contribution in [1.82, 2.24) is 0 Å². The quantitative estimate of drug-likeness (QED) is 0.447. The maximum Gasteiger partial charge on any atom is 0.343 e. The highest BCUT2D eigenvalue weighted by Gasteiger charge is 2.24. The first-order valence-corrected chi connectivity index (χ1v) is 6.07. The lowest BCUT2D eigenvalue weighted by Gasteiger charge is -2.07. The Balaban J connectivity index is 2.12. The van der Waals surface area contributed by atoms with Gasteiger partial charge in [-0.05, 0) is 36.8 Å². The molecule has 1 aromatic carbocycles. The molecule has 0 heterocycles. The van der Waals surface area contributed by atoms with Crippen molar-refractivity contribution in [3.8, 4) is 5.75 Å². The molecule has 1 aliphatic carbocycles. The van der Waals surface area contributed by atoms with Crippen molar-refractivity contribution in [2.24, 2.45) is 5.92 Å². The molecule has 0 amide bonds. The number of rotatable bonds is 6. The number of benzene rings is 1. The number of methoxy groups -OCH3 is 1. The highest BCUT2D eigenvalue weighted by molar-refractivity contribution is 5.71. The van der Waals surface area contributed by atoms with Gasteiger partial charge in [-0.25, -0.2) is 4.79 Å². The molecule has 0 atom stereocenters. The molecule has 0 bridgehead atoms. The summed E-state index contributed by atoms with van der Waals surface area (Å²) in [4.78, 5) is 21.5. The van der Waals surface area contributed by atoms with Crippen molar-refractivity contribution in [2.75, 3.05) is 13.7 Å². The van der Waals surface area contributed by atoms with Crippen molar-refractivity contribution in [1.29, 1.82) is 0 Å². The zero-order valence-electron chi connectivity index (χ0n) is 10.6. The van der Waals surface area contributed by atoms with Gasteiger partial charge in [-0.1, -0.05) is 6.07 Å². The molecule has 102 valence electrons. The fourth-order valence-corrected chi connectivity index (χ4v) is 1.81. The fraction of sp³-hybridized carbons (Fsp3) is 0.462. The smallest absolute Gasteiger partial charge is 0.343 e. The number of carbonyl (C=O) groups is 1. The van der Waals surface area contributed by atoms with Crippen molar-refractivity contribution < 1.29 is 19.2 Å². The van der Waals surface area contributed by atoms with Crippen molar-refractivity contribution >= 4 is 11.7 Å². The summed E-state index contributed by atoms with van der Waals surface area (Å²) >= 11 is 0. The normalized spacial score (nSPS) is 13.9. The third-order valence-corrected chi connectivity index (χ3v) is 3.01. The predicted molar refractivity (Wildman–Crippen MR) is 67.0 cm³/mol. The Morgan fingerprint density at radius 3 is 2.79 bits per heavy atom. The molecule has 6 heteroatoms. The first-order chi connectivity index (χ1) is 9.10.